The van der Waals surface area contributed by atoms with Crippen LogP contribution in [0, 0.1) is 0 Å². The Balaban J connectivity index is 1.57. The van der Waals surface area contributed by atoms with E-state index in [1.807, 2.05) is 11.0 Å². The molecule has 152 valence electrons. The van der Waals surface area contributed by atoms with Gasteiger partial charge >= 0.3 is 0 Å². The summed E-state index contributed by atoms with van der Waals surface area (Å²) in [7, 11) is 3.14. The van der Waals surface area contributed by atoms with E-state index >= 15 is 0 Å². The summed E-state index contributed by atoms with van der Waals surface area (Å²) in [6, 6.07) is 12.2. The maximum absolute atomic E-state index is 12.4. The highest BCUT2D eigenvalue weighted by molar-refractivity contribution is 6.06. The maximum atomic E-state index is 12.4. The standard InChI is InChI=1S/C23H25NO5/c1-27-21-12-6-17(15-22(21)28-2)5-11-20(25)18-7-9-19(10-8-18)29-16-23(26)24-13-3-4-14-24/h5-12,15H,3-4,13-14,16H2,1-2H3/b11-5+. The van der Waals surface area contributed by atoms with Gasteiger partial charge in [-0.15, -0.1) is 0 Å². The Labute approximate surface area is 170 Å². The minimum absolute atomic E-state index is 0.000468. The number of ketones is 1. The highest BCUT2D eigenvalue weighted by Crippen LogP contribution is 2.28. The van der Waals surface area contributed by atoms with Gasteiger partial charge in [0.2, 0.25) is 0 Å². The van der Waals surface area contributed by atoms with E-state index in [1.54, 1.807) is 56.7 Å². The molecular weight excluding hydrogens is 370 g/mol. The summed E-state index contributed by atoms with van der Waals surface area (Å²) in [5, 5.41) is 0. The Morgan fingerprint density at radius 2 is 1.66 bits per heavy atom. The molecule has 1 fully saturated rings. The molecule has 6 heteroatoms. The Bertz CT molecular complexity index is 883. The van der Waals surface area contributed by atoms with Crippen LogP contribution < -0.4 is 14.2 Å². The summed E-state index contributed by atoms with van der Waals surface area (Å²) >= 11 is 0. The number of allylic oxidation sites excluding steroid dienone is 1. The van der Waals surface area contributed by atoms with Gasteiger partial charge in [0.1, 0.15) is 5.75 Å². The van der Waals surface area contributed by atoms with E-state index in [0.29, 0.717) is 22.8 Å². The number of benzene rings is 2. The monoisotopic (exact) mass is 395 g/mol. The molecule has 2 aromatic rings. The molecule has 1 saturated heterocycles. The first-order chi connectivity index (χ1) is 14.1. The van der Waals surface area contributed by atoms with Crippen molar-refractivity contribution in [2.75, 3.05) is 33.9 Å². The van der Waals surface area contributed by atoms with Gasteiger partial charge < -0.3 is 19.1 Å². The first-order valence-electron chi connectivity index (χ1n) is 9.56. The van der Waals surface area contributed by atoms with Crippen molar-refractivity contribution in [3.8, 4) is 17.2 Å². The van der Waals surface area contributed by atoms with E-state index in [-0.39, 0.29) is 18.3 Å². The Morgan fingerprint density at radius 3 is 2.31 bits per heavy atom. The van der Waals surface area contributed by atoms with Gasteiger partial charge in [0.15, 0.2) is 23.9 Å². The van der Waals surface area contributed by atoms with Crippen molar-refractivity contribution in [3.63, 3.8) is 0 Å². The minimum atomic E-state index is -0.125. The van der Waals surface area contributed by atoms with Gasteiger partial charge in [0.05, 0.1) is 14.2 Å². The van der Waals surface area contributed by atoms with Crippen LogP contribution in [0.2, 0.25) is 0 Å². The lowest BCUT2D eigenvalue weighted by Crippen LogP contribution is -2.32. The number of rotatable bonds is 8. The van der Waals surface area contributed by atoms with Crippen molar-refractivity contribution in [3.05, 3.63) is 59.7 Å². The van der Waals surface area contributed by atoms with Crippen LogP contribution >= 0.6 is 0 Å². The molecule has 0 atom stereocenters. The normalized spacial score (nSPS) is 13.5. The average Bonchev–Trinajstić information content (AvgIpc) is 3.31. The zero-order valence-electron chi connectivity index (χ0n) is 16.7. The quantitative estimate of drug-likeness (QED) is 0.505. The molecule has 1 heterocycles. The number of nitrogens with zero attached hydrogens (tertiary/aromatic N) is 1. The highest BCUT2D eigenvalue weighted by atomic mass is 16.5. The third-order valence-corrected chi connectivity index (χ3v) is 4.79. The number of hydrogen-bond acceptors (Lipinski definition) is 5. The average molecular weight is 395 g/mol. The Morgan fingerprint density at radius 1 is 0.966 bits per heavy atom. The van der Waals surface area contributed by atoms with Gasteiger partial charge in [0, 0.05) is 18.7 Å². The summed E-state index contributed by atoms with van der Waals surface area (Å²) in [5.74, 6) is 1.68. The van der Waals surface area contributed by atoms with Crippen molar-refractivity contribution in [1.29, 1.82) is 0 Å². The van der Waals surface area contributed by atoms with E-state index in [9.17, 15) is 9.59 Å². The lowest BCUT2D eigenvalue weighted by Gasteiger charge is -2.15. The Kier molecular flexibility index (Phi) is 6.89. The summed E-state index contributed by atoms with van der Waals surface area (Å²) in [6.07, 6.45) is 5.34. The van der Waals surface area contributed by atoms with Crippen LogP contribution in [0.4, 0.5) is 0 Å². The largest absolute Gasteiger partial charge is 0.493 e. The first-order valence-corrected chi connectivity index (χ1v) is 9.56. The van der Waals surface area contributed by atoms with Crippen molar-refractivity contribution < 1.29 is 23.8 Å². The second-order valence-electron chi connectivity index (χ2n) is 6.71. The third-order valence-electron chi connectivity index (χ3n) is 4.79. The lowest BCUT2D eigenvalue weighted by atomic mass is 10.1. The fourth-order valence-electron chi connectivity index (χ4n) is 3.14. The third kappa shape index (κ3) is 5.38. The number of methoxy groups -OCH3 is 2. The molecule has 2 aromatic carbocycles. The van der Waals surface area contributed by atoms with Crippen LogP contribution in [-0.4, -0.2) is 50.5 Å². The van der Waals surface area contributed by atoms with Crippen molar-refractivity contribution >= 4 is 17.8 Å². The van der Waals surface area contributed by atoms with E-state index in [2.05, 4.69) is 0 Å². The molecule has 0 spiro atoms. The highest BCUT2D eigenvalue weighted by Gasteiger charge is 2.18. The van der Waals surface area contributed by atoms with Crippen molar-refractivity contribution in [2.24, 2.45) is 0 Å². The molecule has 0 bridgehead atoms. The van der Waals surface area contributed by atoms with Crippen molar-refractivity contribution in [2.45, 2.75) is 12.8 Å². The maximum Gasteiger partial charge on any atom is 0.260 e. The van der Waals surface area contributed by atoms with Gasteiger partial charge in [0.25, 0.3) is 5.91 Å². The van der Waals surface area contributed by atoms with Gasteiger partial charge in [-0.3, -0.25) is 9.59 Å². The molecule has 29 heavy (non-hydrogen) atoms. The lowest BCUT2D eigenvalue weighted by molar-refractivity contribution is -0.132. The molecule has 6 nitrogen and oxygen atoms in total. The zero-order valence-corrected chi connectivity index (χ0v) is 16.7. The first kappa shape index (κ1) is 20.5. The van der Waals surface area contributed by atoms with Gasteiger partial charge in [-0.2, -0.15) is 0 Å². The van der Waals surface area contributed by atoms with Crippen LogP contribution in [0.5, 0.6) is 17.2 Å². The zero-order chi connectivity index (χ0) is 20.6. The topological polar surface area (TPSA) is 65.1 Å². The van der Waals surface area contributed by atoms with Crippen LogP contribution in [0.25, 0.3) is 6.08 Å². The SMILES string of the molecule is COc1ccc(/C=C/C(=O)c2ccc(OCC(=O)N3CCCC3)cc2)cc1OC. The van der Waals surface area contributed by atoms with Crippen molar-refractivity contribution in [1.82, 2.24) is 4.90 Å². The summed E-state index contributed by atoms with van der Waals surface area (Å²) in [4.78, 5) is 26.2. The Hall–Kier alpha value is -3.28. The summed E-state index contributed by atoms with van der Waals surface area (Å²) in [6.45, 7) is 1.64. The van der Waals surface area contributed by atoms with Crippen LogP contribution in [0.1, 0.15) is 28.8 Å². The van der Waals surface area contributed by atoms with Crippen LogP contribution in [0.3, 0.4) is 0 Å². The number of carbonyl (C=O) groups excluding carboxylic acids is 2. The van der Waals surface area contributed by atoms with E-state index in [4.69, 9.17) is 14.2 Å². The molecule has 0 aromatic heterocycles. The van der Waals surface area contributed by atoms with E-state index in [1.165, 1.54) is 6.08 Å². The summed E-state index contributed by atoms with van der Waals surface area (Å²) in [5.41, 5.74) is 1.37. The molecule has 0 N–H and O–H groups in total. The molecule has 3 rings (SSSR count). The molecule has 1 aliphatic heterocycles. The molecule has 0 unspecified atom stereocenters. The van der Waals surface area contributed by atoms with Gasteiger partial charge in [-0.05, 0) is 60.9 Å². The number of carbonyl (C=O) groups is 2. The fourth-order valence-corrected chi connectivity index (χ4v) is 3.14. The number of amides is 1. The predicted molar refractivity (Wildman–Crippen MR) is 111 cm³/mol. The molecular formula is C23H25NO5. The molecule has 0 aliphatic carbocycles. The van der Waals surface area contributed by atoms with Crippen LogP contribution in [-0.2, 0) is 4.79 Å². The second kappa shape index (κ2) is 9.78. The molecule has 0 saturated carbocycles. The van der Waals surface area contributed by atoms with Crippen LogP contribution in [0.15, 0.2) is 48.5 Å². The second-order valence-corrected chi connectivity index (χ2v) is 6.71. The molecule has 1 aliphatic rings. The number of hydrogen-bond donors (Lipinski definition) is 0. The number of likely N-dealkylation sites (tertiary alicyclic amines) is 1. The van der Waals surface area contributed by atoms with E-state index < -0.39 is 0 Å². The minimum Gasteiger partial charge on any atom is -0.493 e. The number of ether oxygens (including phenoxy) is 3. The molecule has 1 amide bonds. The van der Waals surface area contributed by atoms with Gasteiger partial charge in [-0.25, -0.2) is 0 Å². The van der Waals surface area contributed by atoms with Gasteiger partial charge in [-0.1, -0.05) is 12.1 Å². The summed E-state index contributed by atoms with van der Waals surface area (Å²) < 4.78 is 16.0. The predicted octanol–water partition coefficient (Wildman–Crippen LogP) is 3.60. The van der Waals surface area contributed by atoms with E-state index in [0.717, 1.165) is 31.5 Å². The molecule has 0 radical (unpaired) electrons. The fraction of sp³-hybridized carbons (Fsp3) is 0.304. The smallest absolute Gasteiger partial charge is 0.260 e.